The molecule has 2 unspecified atom stereocenters. The number of aliphatic hydroxyl groups is 4. The van der Waals surface area contributed by atoms with Crippen LogP contribution in [0.15, 0.2) is 48.7 Å². The lowest BCUT2D eigenvalue weighted by Crippen LogP contribution is -2.70. The molecular weight excluding hydrogens is 476 g/mol. The van der Waals surface area contributed by atoms with Gasteiger partial charge >= 0.3 is 0 Å². The Balaban J connectivity index is 1.72. The zero-order chi connectivity index (χ0) is 27.0. The van der Waals surface area contributed by atoms with Gasteiger partial charge in [-0.05, 0) is 28.7 Å². The average molecular weight is 513 g/mol. The number of fused-ring (bicyclic) bond motifs is 1. The van der Waals surface area contributed by atoms with Crippen LogP contribution >= 0.6 is 0 Å². The number of carbonyl (C=O) groups is 1. The predicted molar refractivity (Wildman–Crippen MR) is 139 cm³/mol. The van der Waals surface area contributed by atoms with Crippen LogP contribution in [0.2, 0.25) is 0 Å². The summed E-state index contributed by atoms with van der Waals surface area (Å²) in [6.07, 6.45) is -2.20. The largest absolute Gasteiger partial charge is 0.497 e. The van der Waals surface area contributed by atoms with Crippen molar-refractivity contribution in [2.24, 2.45) is 0 Å². The maximum Gasteiger partial charge on any atom is 0.254 e. The van der Waals surface area contributed by atoms with Crippen LogP contribution in [0.25, 0.3) is 10.9 Å². The molecular formula is C28H36N2O7. The Morgan fingerprint density at radius 3 is 2.57 bits per heavy atom. The molecule has 0 saturated carbocycles. The summed E-state index contributed by atoms with van der Waals surface area (Å²) >= 11 is 0. The van der Waals surface area contributed by atoms with E-state index in [0.717, 1.165) is 11.1 Å². The molecule has 0 bridgehead atoms. The van der Waals surface area contributed by atoms with Crippen molar-refractivity contribution in [1.29, 1.82) is 0 Å². The van der Waals surface area contributed by atoms with Gasteiger partial charge in [-0.3, -0.25) is 4.79 Å². The molecule has 2 aromatic carbocycles. The second-order valence-corrected chi connectivity index (χ2v) is 10.7. The average Bonchev–Trinajstić information content (AvgIpc) is 3.23. The SMILES string of the molecule is COc1ccc2c(C(=O)N[C@]3(CO)C(O)C[C@@H](CO)OC3O)cn(Cc3cccc(C(C)(C)C)c3)c2c1. The fourth-order valence-electron chi connectivity index (χ4n) is 4.79. The van der Waals surface area contributed by atoms with Crippen LogP contribution in [0, 0.1) is 0 Å². The molecule has 3 aromatic rings. The number of carbonyl (C=O) groups excluding carboxylic acids is 1. The summed E-state index contributed by atoms with van der Waals surface area (Å²) in [6, 6.07) is 13.7. The fraction of sp³-hybridized carbons (Fsp3) is 0.464. The molecule has 0 aliphatic carbocycles. The lowest BCUT2D eigenvalue weighted by Gasteiger charge is -2.46. The van der Waals surface area contributed by atoms with Crippen molar-refractivity contribution < 1.29 is 34.7 Å². The molecule has 0 spiro atoms. The summed E-state index contributed by atoms with van der Waals surface area (Å²) in [4.78, 5) is 13.5. The highest BCUT2D eigenvalue weighted by Crippen LogP contribution is 2.31. The third-order valence-corrected chi connectivity index (χ3v) is 7.13. The van der Waals surface area contributed by atoms with Gasteiger partial charge < -0.3 is 39.8 Å². The van der Waals surface area contributed by atoms with Crippen molar-refractivity contribution in [1.82, 2.24) is 9.88 Å². The number of hydrogen-bond acceptors (Lipinski definition) is 7. The minimum atomic E-state index is -1.84. The van der Waals surface area contributed by atoms with Gasteiger partial charge in [-0.15, -0.1) is 0 Å². The van der Waals surface area contributed by atoms with E-state index in [4.69, 9.17) is 9.47 Å². The topological polar surface area (TPSA) is 133 Å². The van der Waals surface area contributed by atoms with Crippen molar-refractivity contribution in [2.75, 3.05) is 20.3 Å². The van der Waals surface area contributed by atoms with Crippen molar-refractivity contribution >= 4 is 16.8 Å². The summed E-state index contributed by atoms with van der Waals surface area (Å²) in [5.74, 6) is 0.0474. The van der Waals surface area contributed by atoms with Crippen molar-refractivity contribution in [3.63, 3.8) is 0 Å². The Kier molecular flexibility index (Phi) is 7.64. The lowest BCUT2D eigenvalue weighted by molar-refractivity contribution is -0.253. The number of nitrogens with zero attached hydrogens (tertiary/aromatic N) is 1. The second kappa shape index (κ2) is 10.4. The summed E-state index contributed by atoms with van der Waals surface area (Å²) < 4.78 is 12.7. The van der Waals surface area contributed by atoms with Gasteiger partial charge in [0.25, 0.3) is 5.91 Å². The van der Waals surface area contributed by atoms with Crippen LogP contribution in [0.1, 0.15) is 48.7 Å². The number of benzene rings is 2. The maximum absolute atomic E-state index is 13.5. The number of ether oxygens (including phenoxy) is 2. The maximum atomic E-state index is 13.5. The van der Waals surface area contributed by atoms with Crippen LogP contribution in [0.4, 0.5) is 0 Å². The number of aromatic nitrogens is 1. The Morgan fingerprint density at radius 2 is 1.95 bits per heavy atom. The number of amides is 1. The monoisotopic (exact) mass is 512 g/mol. The molecule has 2 heterocycles. The first kappa shape index (κ1) is 27.1. The second-order valence-electron chi connectivity index (χ2n) is 10.7. The zero-order valence-corrected chi connectivity index (χ0v) is 21.6. The van der Waals surface area contributed by atoms with E-state index in [2.05, 4.69) is 38.2 Å². The molecule has 4 rings (SSSR count). The van der Waals surface area contributed by atoms with Gasteiger partial charge in [-0.2, -0.15) is 0 Å². The highest BCUT2D eigenvalue weighted by atomic mass is 16.6. The van der Waals surface area contributed by atoms with Gasteiger partial charge in [0.15, 0.2) is 6.29 Å². The molecule has 1 aromatic heterocycles. The molecule has 1 fully saturated rings. The quantitative estimate of drug-likeness (QED) is 0.327. The standard InChI is InChI=1S/C28H36N2O7/c1-27(2,3)18-7-5-6-17(10-18)13-30-14-22(21-9-8-19(36-4)11-23(21)30)25(34)29-28(16-32)24(33)12-20(15-31)37-26(28)35/h5-11,14,20,24,26,31-33,35H,12-13,15-16H2,1-4H3,(H,29,34)/t20-,24?,26?,28+/m0/s1. The number of nitrogens with one attached hydrogen (secondary N) is 1. The predicted octanol–water partition coefficient (Wildman–Crippen LogP) is 1.92. The molecule has 1 aliphatic heterocycles. The zero-order valence-electron chi connectivity index (χ0n) is 21.6. The van der Waals surface area contributed by atoms with E-state index in [1.165, 1.54) is 5.56 Å². The van der Waals surface area contributed by atoms with Gasteiger partial charge in [0.1, 0.15) is 11.3 Å². The highest BCUT2D eigenvalue weighted by Gasteiger charge is 2.51. The Labute approximate surface area is 216 Å². The van der Waals surface area contributed by atoms with Crippen LogP contribution in [-0.4, -0.2) is 75.3 Å². The smallest absolute Gasteiger partial charge is 0.254 e. The van der Waals surface area contributed by atoms with Crippen LogP contribution < -0.4 is 10.1 Å². The Bertz CT molecular complexity index is 1250. The summed E-state index contributed by atoms with van der Waals surface area (Å²) in [5.41, 5.74) is 1.48. The van der Waals surface area contributed by atoms with Crippen LogP contribution in [0.5, 0.6) is 5.75 Å². The molecule has 0 radical (unpaired) electrons. The minimum Gasteiger partial charge on any atom is -0.497 e. The molecule has 9 heteroatoms. The number of hydrogen-bond donors (Lipinski definition) is 5. The van der Waals surface area contributed by atoms with Gasteiger partial charge in [-0.25, -0.2) is 0 Å². The van der Waals surface area contributed by atoms with Gasteiger partial charge in [0.2, 0.25) is 0 Å². The first-order valence-electron chi connectivity index (χ1n) is 12.3. The molecule has 200 valence electrons. The summed E-state index contributed by atoms with van der Waals surface area (Å²) in [5, 5.41) is 44.0. The van der Waals surface area contributed by atoms with E-state index in [-0.39, 0.29) is 11.8 Å². The number of rotatable bonds is 7. The molecule has 37 heavy (non-hydrogen) atoms. The third kappa shape index (κ3) is 5.23. The van der Waals surface area contributed by atoms with E-state index < -0.39 is 43.2 Å². The number of methoxy groups -OCH3 is 1. The molecule has 9 nitrogen and oxygen atoms in total. The molecule has 1 aliphatic rings. The normalized spacial score (nSPS) is 24.3. The first-order chi connectivity index (χ1) is 17.5. The Morgan fingerprint density at radius 1 is 1.19 bits per heavy atom. The molecule has 1 amide bonds. The van der Waals surface area contributed by atoms with Crippen LogP contribution in [0.3, 0.4) is 0 Å². The highest BCUT2D eigenvalue weighted by molar-refractivity contribution is 6.07. The van der Waals surface area contributed by atoms with E-state index >= 15 is 0 Å². The van der Waals surface area contributed by atoms with E-state index in [1.54, 1.807) is 25.4 Å². The molecule has 5 N–H and O–H groups in total. The van der Waals surface area contributed by atoms with Crippen molar-refractivity contribution in [3.05, 3.63) is 65.4 Å². The summed E-state index contributed by atoms with van der Waals surface area (Å²) in [7, 11) is 1.57. The summed E-state index contributed by atoms with van der Waals surface area (Å²) in [6.45, 7) is 5.80. The van der Waals surface area contributed by atoms with E-state index in [0.29, 0.717) is 23.2 Å². The third-order valence-electron chi connectivity index (χ3n) is 7.13. The molecule has 1 saturated heterocycles. The Hall–Kier alpha value is -2.95. The first-order valence-corrected chi connectivity index (χ1v) is 12.3. The van der Waals surface area contributed by atoms with E-state index in [9.17, 15) is 25.2 Å². The van der Waals surface area contributed by atoms with Gasteiger partial charge in [-0.1, -0.05) is 45.0 Å². The lowest BCUT2D eigenvalue weighted by atomic mass is 9.85. The minimum absolute atomic E-state index is 0.0135. The van der Waals surface area contributed by atoms with E-state index in [1.807, 2.05) is 22.8 Å². The molecule has 4 atom stereocenters. The van der Waals surface area contributed by atoms with Crippen molar-refractivity contribution in [2.45, 2.75) is 63.2 Å². The van der Waals surface area contributed by atoms with Crippen molar-refractivity contribution in [3.8, 4) is 5.75 Å². The van der Waals surface area contributed by atoms with Gasteiger partial charge in [0.05, 0.1) is 43.6 Å². The fourth-order valence-corrected chi connectivity index (χ4v) is 4.79. The van der Waals surface area contributed by atoms with Crippen LogP contribution in [-0.2, 0) is 16.7 Å². The number of aliphatic hydroxyl groups excluding tert-OH is 4. The van der Waals surface area contributed by atoms with Gasteiger partial charge in [0, 0.05) is 30.6 Å².